The Bertz CT molecular complexity index is 1150. The van der Waals surface area contributed by atoms with Crippen LogP contribution >= 0.6 is 11.3 Å². The number of aromatic nitrogens is 2. The monoisotopic (exact) mass is 427 g/mol. The molecule has 10 nitrogen and oxygen atoms in total. The summed E-state index contributed by atoms with van der Waals surface area (Å²) < 4.78 is 6.91. The molecule has 0 saturated heterocycles. The third-order valence-corrected chi connectivity index (χ3v) is 4.98. The Balaban J connectivity index is 2.39. The lowest BCUT2D eigenvalue weighted by Gasteiger charge is -2.06. The first kappa shape index (κ1) is 22.6. The number of hydrogen-bond donors (Lipinski definition) is 3. The van der Waals surface area contributed by atoms with Crippen LogP contribution in [-0.4, -0.2) is 42.3 Å². The minimum atomic E-state index is -0.692. The second kappa shape index (κ2) is 11.4. The molecule has 0 aromatic carbocycles. The fourth-order valence-electron chi connectivity index (χ4n) is 2.44. The van der Waals surface area contributed by atoms with E-state index in [1.165, 1.54) is 10.8 Å². The molecule has 2 aromatic heterocycles. The van der Waals surface area contributed by atoms with Crippen LogP contribution in [0.3, 0.4) is 0 Å². The Labute approximate surface area is 176 Å². The van der Waals surface area contributed by atoms with Crippen molar-refractivity contribution in [3.05, 3.63) is 37.9 Å². The van der Waals surface area contributed by atoms with E-state index in [0.29, 0.717) is 29.2 Å². The first-order chi connectivity index (χ1) is 14.5. The van der Waals surface area contributed by atoms with Crippen molar-refractivity contribution in [3.63, 3.8) is 0 Å². The standard InChI is InChI=1S/C19H21N7O3S/c1-3-26-18(28)15(30-19(26)14(11-21)17(27)24-7-5-20)12-25-13-4-6-22-16(10-13)23-8-9-29-2/h4,6,10,12H,3,7-9H2,1-2H3,(H,24,27)(H2,22,23,25)/b15-12+,19-14-. The highest BCUT2D eigenvalue weighted by molar-refractivity contribution is 7.07. The molecule has 0 unspecified atom stereocenters. The summed E-state index contributed by atoms with van der Waals surface area (Å²) >= 11 is 1.03. The first-order valence-corrected chi connectivity index (χ1v) is 9.82. The quantitative estimate of drug-likeness (QED) is 0.360. The summed E-state index contributed by atoms with van der Waals surface area (Å²) in [6, 6.07) is 7.13. The summed E-state index contributed by atoms with van der Waals surface area (Å²) in [5.41, 5.74) is 0.180. The molecule has 0 aliphatic heterocycles. The molecule has 3 N–H and O–H groups in total. The summed E-state index contributed by atoms with van der Waals surface area (Å²) in [6.07, 6.45) is 3.15. The second-order valence-corrected chi connectivity index (χ2v) is 6.82. The molecule has 0 spiro atoms. The lowest BCUT2D eigenvalue weighted by molar-refractivity contribution is -0.115. The lowest BCUT2D eigenvalue weighted by atomic mass is 10.3. The molecular formula is C19H21N7O3S. The SMILES string of the molecule is CCn1c(=O)/c(=C\Nc2ccnc(NCCOC)c2)s/c1=C(/C#N)C(=O)NCC#N. The van der Waals surface area contributed by atoms with Gasteiger partial charge in [-0.15, -0.1) is 11.3 Å². The van der Waals surface area contributed by atoms with Gasteiger partial charge in [0.2, 0.25) is 0 Å². The fourth-order valence-corrected chi connectivity index (χ4v) is 3.53. The molecule has 0 aliphatic rings. The van der Waals surface area contributed by atoms with Crippen LogP contribution in [0.2, 0.25) is 0 Å². The summed E-state index contributed by atoms with van der Waals surface area (Å²) in [5.74, 6) is -0.0412. The predicted octanol–water partition coefficient (Wildman–Crippen LogP) is -0.453. The number of thiazole rings is 1. The van der Waals surface area contributed by atoms with Crippen molar-refractivity contribution in [2.24, 2.45) is 0 Å². The number of hydrogen-bond acceptors (Lipinski definition) is 9. The third kappa shape index (κ3) is 5.67. The maximum Gasteiger partial charge on any atom is 0.270 e. The topological polar surface area (TPSA) is 145 Å². The van der Waals surface area contributed by atoms with Crippen molar-refractivity contribution in [2.45, 2.75) is 13.5 Å². The largest absolute Gasteiger partial charge is 0.383 e. The fraction of sp³-hybridized carbons (Fsp3) is 0.316. The second-order valence-electron chi connectivity index (χ2n) is 5.79. The minimum absolute atomic E-state index is 0.206. The van der Waals surface area contributed by atoms with Crippen LogP contribution in [0, 0.1) is 22.7 Å². The number of ether oxygens (including phenoxy) is 1. The smallest absolute Gasteiger partial charge is 0.270 e. The third-order valence-electron chi connectivity index (χ3n) is 3.85. The Morgan fingerprint density at radius 1 is 1.43 bits per heavy atom. The van der Waals surface area contributed by atoms with E-state index >= 15 is 0 Å². The van der Waals surface area contributed by atoms with Crippen LogP contribution < -0.4 is 30.7 Å². The van der Waals surface area contributed by atoms with Gasteiger partial charge >= 0.3 is 0 Å². The molecular weight excluding hydrogens is 406 g/mol. The van der Waals surface area contributed by atoms with Crippen LogP contribution in [0.4, 0.5) is 11.5 Å². The Morgan fingerprint density at radius 3 is 2.90 bits per heavy atom. The molecule has 0 bridgehead atoms. The van der Waals surface area contributed by atoms with Crippen molar-refractivity contribution >= 4 is 40.5 Å². The number of nitrogens with zero attached hydrogens (tertiary/aromatic N) is 4. The van der Waals surface area contributed by atoms with E-state index in [2.05, 4.69) is 20.9 Å². The highest BCUT2D eigenvalue weighted by Crippen LogP contribution is 2.11. The van der Waals surface area contributed by atoms with Crippen LogP contribution in [0.5, 0.6) is 0 Å². The van der Waals surface area contributed by atoms with Gasteiger partial charge in [0.15, 0.2) is 5.57 Å². The molecule has 30 heavy (non-hydrogen) atoms. The Hall–Kier alpha value is -3.67. The van der Waals surface area contributed by atoms with Gasteiger partial charge in [-0.2, -0.15) is 10.5 Å². The van der Waals surface area contributed by atoms with Gasteiger partial charge in [-0.25, -0.2) is 4.98 Å². The van der Waals surface area contributed by atoms with Gasteiger partial charge in [-0.05, 0) is 13.0 Å². The zero-order valence-corrected chi connectivity index (χ0v) is 17.4. The molecule has 0 aliphatic carbocycles. The van der Waals surface area contributed by atoms with Crippen molar-refractivity contribution in [1.29, 1.82) is 10.5 Å². The average molecular weight is 427 g/mol. The molecule has 0 saturated carbocycles. The van der Waals surface area contributed by atoms with Crippen LogP contribution in [-0.2, 0) is 16.1 Å². The summed E-state index contributed by atoms with van der Waals surface area (Å²) in [7, 11) is 1.61. The molecule has 2 aromatic rings. The van der Waals surface area contributed by atoms with Crippen LogP contribution in [0.25, 0.3) is 11.8 Å². The number of rotatable bonds is 9. The van der Waals surface area contributed by atoms with Gasteiger partial charge in [0, 0.05) is 44.3 Å². The number of methoxy groups -OCH3 is 1. The number of pyridine rings is 1. The Kier molecular flexibility index (Phi) is 8.56. The molecule has 0 radical (unpaired) electrons. The summed E-state index contributed by atoms with van der Waals surface area (Å²) in [5, 5.41) is 26.5. The maximum absolute atomic E-state index is 12.7. The van der Waals surface area contributed by atoms with E-state index in [4.69, 9.17) is 10.00 Å². The zero-order valence-electron chi connectivity index (χ0n) is 16.6. The maximum atomic E-state index is 12.7. The van der Waals surface area contributed by atoms with Crippen molar-refractivity contribution in [3.8, 4) is 12.1 Å². The van der Waals surface area contributed by atoms with Gasteiger partial charge in [0.1, 0.15) is 27.6 Å². The lowest BCUT2D eigenvalue weighted by Crippen LogP contribution is -2.34. The highest BCUT2D eigenvalue weighted by atomic mass is 32.1. The van der Waals surface area contributed by atoms with E-state index < -0.39 is 5.91 Å². The molecule has 156 valence electrons. The molecule has 11 heteroatoms. The van der Waals surface area contributed by atoms with Crippen molar-refractivity contribution in [1.82, 2.24) is 14.9 Å². The first-order valence-electron chi connectivity index (χ1n) is 9.00. The van der Waals surface area contributed by atoms with Crippen LogP contribution in [0.15, 0.2) is 23.1 Å². The van der Waals surface area contributed by atoms with E-state index in [-0.39, 0.29) is 28.9 Å². The van der Waals surface area contributed by atoms with Gasteiger partial charge in [0.25, 0.3) is 11.5 Å². The number of amides is 1. The number of carbonyl (C=O) groups is 1. The van der Waals surface area contributed by atoms with Gasteiger partial charge < -0.3 is 20.7 Å². The van der Waals surface area contributed by atoms with Gasteiger partial charge in [-0.1, -0.05) is 0 Å². The van der Waals surface area contributed by atoms with E-state index in [9.17, 15) is 14.9 Å². The highest BCUT2D eigenvalue weighted by Gasteiger charge is 2.14. The van der Waals surface area contributed by atoms with Crippen LogP contribution in [0.1, 0.15) is 6.92 Å². The van der Waals surface area contributed by atoms with Gasteiger partial charge in [-0.3, -0.25) is 14.2 Å². The molecule has 2 rings (SSSR count). The van der Waals surface area contributed by atoms with E-state index in [1.807, 2.05) is 6.07 Å². The number of anilines is 2. The Morgan fingerprint density at radius 2 is 2.23 bits per heavy atom. The molecule has 2 heterocycles. The van der Waals surface area contributed by atoms with Gasteiger partial charge in [0.05, 0.1) is 12.7 Å². The molecule has 1 amide bonds. The molecule has 0 fully saturated rings. The van der Waals surface area contributed by atoms with E-state index in [1.54, 1.807) is 38.4 Å². The normalized spacial score (nSPS) is 11.9. The number of carbonyl (C=O) groups excluding carboxylic acids is 1. The van der Waals surface area contributed by atoms with E-state index in [0.717, 1.165) is 11.3 Å². The predicted molar refractivity (Wildman–Crippen MR) is 114 cm³/mol. The van der Waals surface area contributed by atoms with Crippen molar-refractivity contribution in [2.75, 3.05) is 37.4 Å². The molecule has 0 atom stereocenters. The van der Waals surface area contributed by atoms with Crippen molar-refractivity contribution < 1.29 is 9.53 Å². The number of nitrogens with one attached hydrogen (secondary N) is 3. The summed E-state index contributed by atoms with van der Waals surface area (Å²) in [4.78, 5) is 29.1. The summed E-state index contributed by atoms with van der Waals surface area (Å²) in [6.45, 7) is 2.96. The minimum Gasteiger partial charge on any atom is -0.383 e. The number of nitriles is 2. The zero-order chi connectivity index (χ0) is 21.9. The average Bonchev–Trinajstić information content (AvgIpc) is 3.06.